The zero-order valence-electron chi connectivity index (χ0n) is 19.0. The van der Waals surface area contributed by atoms with Crippen LogP contribution >= 0.6 is 11.8 Å². The van der Waals surface area contributed by atoms with Gasteiger partial charge in [0.05, 0.1) is 11.3 Å². The molecule has 0 unspecified atom stereocenters. The molecule has 2 aliphatic rings. The number of hydrogen-bond donors (Lipinski definition) is 1. The van der Waals surface area contributed by atoms with Crippen LogP contribution in [0.5, 0.6) is 0 Å². The zero-order valence-corrected chi connectivity index (χ0v) is 19.8. The molecule has 0 saturated heterocycles. The number of benzene rings is 2. The van der Waals surface area contributed by atoms with Crippen LogP contribution in [0.1, 0.15) is 33.6 Å². The molecule has 0 saturated carbocycles. The van der Waals surface area contributed by atoms with Gasteiger partial charge in [0.2, 0.25) is 0 Å². The second kappa shape index (κ2) is 8.05. The molecular formula is C27H24N4OS. The van der Waals surface area contributed by atoms with Crippen LogP contribution in [0, 0.1) is 33.1 Å². The summed E-state index contributed by atoms with van der Waals surface area (Å²) >= 11 is 1.38. The predicted octanol–water partition coefficient (Wildman–Crippen LogP) is 6.02. The fraction of sp³-hybridized carbons (Fsp3) is 0.148. The summed E-state index contributed by atoms with van der Waals surface area (Å²) in [7, 11) is 0. The van der Waals surface area contributed by atoms with E-state index in [-0.39, 0.29) is 11.7 Å². The standard InChI is InChI=1S/C27H24N4OS/c1-16-10-11-22(12-17(16)2)30-18(3)13-21(19(30)4)14-23-25(28)31-24(20-8-6-5-7-9-20)15-33-27(31)29-26(23)32/h5-15,28H,1-4H3/b23-14-,28-25?. The molecule has 0 spiro atoms. The normalized spacial score (nSPS) is 16.8. The summed E-state index contributed by atoms with van der Waals surface area (Å²) in [6.07, 6.45) is 1.80. The maximum absolute atomic E-state index is 12.9. The molecule has 164 valence electrons. The van der Waals surface area contributed by atoms with Crippen LogP contribution in [0.25, 0.3) is 17.5 Å². The first-order chi connectivity index (χ1) is 15.8. The minimum atomic E-state index is -0.377. The molecule has 1 amide bonds. The molecule has 3 aromatic rings. The molecule has 1 aromatic heterocycles. The number of nitrogens with one attached hydrogen (secondary N) is 1. The third-order valence-corrected chi connectivity index (χ3v) is 7.03. The Balaban J connectivity index is 1.55. The lowest BCUT2D eigenvalue weighted by atomic mass is 10.1. The monoisotopic (exact) mass is 452 g/mol. The van der Waals surface area contributed by atoms with Crippen molar-refractivity contribution in [2.75, 3.05) is 0 Å². The van der Waals surface area contributed by atoms with Gasteiger partial charge < -0.3 is 4.57 Å². The van der Waals surface area contributed by atoms with E-state index in [1.165, 1.54) is 22.9 Å². The molecular weight excluding hydrogens is 428 g/mol. The van der Waals surface area contributed by atoms with Crippen LogP contribution < -0.4 is 0 Å². The smallest absolute Gasteiger partial charge is 0.283 e. The number of nitrogens with zero attached hydrogens (tertiary/aromatic N) is 3. The van der Waals surface area contributed by atoms with E-state index in [1.54, 1.807) is 11.0 Å². The van der Waals surface area contributed by atoms with Gasteiger partial charge in [0, 0.05) is 22.5 Å². The van der Waals surface area contributed by atoms with Crippen molar-refractivity contribution >= 4 is 40.4 Å². The summed E-state index contributed by atoms with van der Waals surface area (Å²) in [6.45, 7) is 8.32. The van der Waals surface area contributed by atoms with Crippen LogP contribution in [0.15, 0.2) is 70.6 Å². The lowest BCUT2D eigenvalue weighted by Gasteiger charge is -2.26. The van der Waals surface area contributed by atoms with Gasteiger partial charge in [0.25, 0.3) is 5.91 Å². The number of carbonyl (C=O) groups excluding carboxylic acids is 1. The number of carbonyl (C=O) groups is 1. The first-order valence-electron chi connectivity index (χ1n) is 10.8. The number of aromatic nitrogens is 1. The molecule has 1 N–H and O–H groups in total. The molecule has 5 rings (SSSR count). The molecule has 3 heterocycles. The van der Waals surface area contributed by atoms with Gasteiger partial charge in [-0.2, -0.15) is 4.99 Å². The SMILES string of the molecule is Cc1ccc(-n2c(C)cc(/C=C3/C(=N)N4C(c5ccccc5)=CSC4=NC3=O)c2C)cc1C. The second-order valence-corrected chi connectivity index (χ2v) is 9.20. The van der Waals surface area contributed by atoms with Crippen molar-refractivity contribution in [1.29, 1.82) is 5.41 Å². The minimum absolute atomic E-state index is 0.154. The van der Waals surface area contributed by atoms with Gasteiger partial charge in [-0.3, -0.25) is 15.1 Å². The van der Waals surface area contributed by atoms with Crippen molar-refractivity contribution < 1.29 is 4.79 Å². The summed E-state index contributed by atoms with van der Waals surface area (Å²) < 4.78 is 2.19. The number of aryl methyl sites for hydroxylation is 3. The fourth-order valence-corrected chi connectivity index (χ4v) is 5.15. The van der Waals surface area contributed by atoms with Gasteiger partial charge in [-0.05, 0) is 74.2 Å². The third-order valence-electron chi connectivity index (χ3n) is 6.20. The first-order valence-corrected chi connectivity index (χ1v) is 11.7. The van der Waals surface area contributed by atoms with E-state index in [2.05, 4.69) is 54.6 Å². The molecule has 33 heavy (non-hydrogen) atoms. The van der Waals surface area contributed by atoms with Gasteiger partial charge in [-0.25, -0.2) is 0 Å². The number of amides is 1. The van der Waals surface area contributed by atoms with Crippen LogP contribution in [0.2, 0.25) is 0 Å². The van der Waals surface area contributed by atoms with Crippen molar-refractivity contribution in [3.63, 3.8) is 0 Å². The Labute approximate surface area is 197 Å². The average molecular weight is 453 g/mol. The Morgan fingerprint density at radius 3 is 2.45 bits per heavy atom. The number of hydrogen-bond acceptors (Lipinski definition) is 3. The lowest BCUT2D eigenvalue weighted by molar-refractivity contribution is -0.114. The summed E-state index contributed by atoms with van der Waals surface area (Å²) in [5, 5.41) is 11.4. The highest BCUT2D eigenvalue weighted by atomic mass is 32.2. The second-order valence-electron chi connectivity index (χ2n) is 8.36. The molecule has 2 aliphatic heterocycles. The molecule has 5 nitrogen and oxygen atoms in total. The Morgan fingerprint density at radius 2 is 1.73 bits per heavy atom. The maximum atomic E-state index is 12.9. The number of thioether (sulfide) groups is 1. The van der Waals surface area contributed by atoms with Crippen LogP contribution in [-0.4, -0.2) is 26.4 Å². The van der Waals surface area contributed by atoms with E-state index in [9.17, 15) is 4.79 Å². The number of rotatable bonds is 3. The Morgan fingerprint density at radius 1 is 0.970 bits per heavy atom. The number of aliphatic imine (C=N–C) groups is 1. The third kappa shape index (κ3) is 3.56. The highest BCUT2D eigenvalue weighted by molar-refractivity contribution is 8.17. The highest BCUT2D eigenvalue weighted by Crippen LogP contribution is 2.37. The zero-order chi connectivity index (χ0) is 23.3. The van der Waals surface area contributed by atoms with Crippen LogP contribution in [-0.2, 0) is 4.79 Å². The van der Waals surface area contributed by atoms with E-state index in [1.807, 2.05) is 42.7 Å². The van der Waals surface area contributed by atoms with Gasteiger partial charge in [0.15, 0.2) is 5.17 Å². The van der Waals surface area contributed by atoms with Crippen molar-refractivity contribution in [2.24, 2.45) is 4.99 Å². The lowest BCUT2D eigenvalue weighted by Crippen LogP contribution is -2.38. The summed E-state index contributed by atoms with van der Waals surface area (Å²) in [5.41, 5.74) is 8.73. The summed E-state index contributed by atoms with van der Waals surface area (Å²) in [5.74, 6) is -0.224. The minimum Gasteiger partial charge on any atom is -0.318 e. The number of fused-ring (bicyclic) bond motifs is 1. The van der Waals surface area contributed by atoms with Crippen molar-refractivity contribution in [1.82, 2.24) is 9.47 Å². The largest absolute Gasteiger partial charge is 0.318 e. The van der Waals surface area contributed by atoms with Crippen molar-refractivity contribution in [3.05, 3.63) is 99.2 Å². The van der Waals surface area contributed by atoms with E-state index >= 15 is 0 Å². The fourth-order valence-electron chi connectivity index (χ4n) is 4.27. The van der Waals surface area contributed by atoms with E-state index in [0.717, 1.165) is 33.9 Å². The maximum Gasteiger partial charge on any atom is 0.283 e. The van der Waals surface area contributed by atoms with Crippen molar-refractivity contribution in [2.45, 2.75) is 27.7 Å². The molecule has 6 heteroatoms. The Kier molecular flexibility index (Phi) is 5.17. The highest BCUT2D eigenvalue weighted by Gasteiger charge is 2.36. The van der Waals surface area contributed by atoms with Gasteiger partial charge in [0.1, 0.15) is 5.84 Å². The van der Waals surface area contributed by atoms with Crippen LogP contribution in [0.4, 0.5) is 0 Å². The van der Waals surface area contributed by atoms with Gasteiger partial charge in [-0.1, -0.05) is 48.2 Å². The van der Waals surface area contributed by atoms with Gasteiger partial charge >= 0.3 is 0 Å². The van der Waals surface area contributed by atoms with Crippen LogP contribution in [0.3, 0.4) is 0 Å². The van der Waals surface area contributed by atoms with E-state index < -0.39 is 0 Å². The quantitative estimate of drug-likeness (QED) is 0.495. The van der Waals surface area contributed by atoms with E-state index in [4.69, 9.17) is 5.41 Å². The first kappa shape index (κ1) is 21.2. The molecule has 0 atom stereocenters. The van der Waals surface area contributed by atoms with Gasteiger partial charge in [-0.15, -0.1) is 0 Å². The molecule has 0 fully saturated rings. The predicted molar refractivity (Wildman–Crippen MR) is 137 cm³/mol. The molecule has 0 aliphatic carbocycles. The van der Waals surface area contributed by atoms with Crippen molar-refractivity contribution in [3.8, 4) is 5.69 Å². The summed E-state index contributed by atoms with van der Waals surface area (Å²) in [6, 6.07) is 18.4. The van der Waals surface area contributed by atoms with E-state index in [0.29, 0.717) is 10.7 Å². The Bertz CT molecular complexity index is 1410. The Hall–Kier alpha value is -3.64. The molecule has 0 bridgehead atoms. The summed E-state index contributed by atoms with van der Waals surface area (Å²) in [4.78, 5) is 18.9. The molecule has 2 aromatic carbocycles. The average Bonchev–Trinajstić information content (AvgIpc) is 3.34. The topological polar surface area (TPSA) is 61.5 Å². The molecule has 0 radical (unpaired) electrons. The number of amidine groups is 2.